The van der Waals surface area contributed by atoms with Gasteiger partial charge in [0, 0.05) is 12.5 Å². The normalized spacial score (nSPS) is 41.0. The number of rotatable bonds is 4. The molecule has 0 aliphatic heterocycles. The highest BCUT2D eigenvalue weighted by Crippen LogP contribution is 2.56. The molecule has 106 valence electrons. The third kappa shape index (κ3) is 2.36. The molecule has 19 heavy (non-hydrogen) atoms. The molecule has 4 fully saturated rings. The van der Waals surface area contributed by atoms with Crippen LogP contribution in [0.3, 0.4) is 0 Å². The van der Waals surface area contributed by atoms with Gasteiger partial charge < -0.3 is 16.2 Å². The maximum Gasteiger partial charge on any atom is 0.322 e. The van der Waals surface area contributed by atoms with Crippen LogP contribution in [-0.4, -0.2) is 29.6 Å². The maximum atomic E-state index is 12.3. The molecule has 4 aliphatic rings. The minimum Gasteiger partial charge on any atom is -0.480 e. The standard InChI is InChI=1S/C14H22N2O3/c15-11(14(18)19)6-16-13(17)12-9-2-7-1-8(4-9)5-10(12)3-7/h7-12H,1-6,15H2,(H,16,17)(H,18,19). The van der Waals surface area contributed by atoms with Gasteiger partial charge >= 0.3 is 5.97 Å². The Morgan fingerprint density at radius 2 is 1.63 bits per heavy atom. The van der Waals surface area contributed by atoms with Gasteiger partial charge in [0.1, 0.15) is 6.04 Å². The van der Waals surface area contributed by atoms with E-state index in [1.54, 1.807) is 0 Å². The number of amides is 1. The van der Waals surface area contributed by atoms with E-state index in [1.165, 1.54) is 32.1 Å². The fourth-order valence-corrected chi connectivity index (χ4v) is 4.77. The maximum absolute atomic E-state index is 12.3. The van der Waals surface area contributed by atoms with Crippen molar-refractivity contribution in [1.29, 1.82) is 0 Å². The third-order valence-electron chi connectivity index (χ3n) is 5.34. The minimum atomic E-state index is -1.06. The van der Waals surface area contributed by atoms with E-state index in [0.29, 0.717) is 11.8 Å². The number of hydrogen-bond acceptors (Lipinski definition) is 3. The monoisotopic (exact) mass is 266 g/mol. The third-order valence-corrected chi connectivity index (χ3v) is 5.34. The van der Waals surface area contributed by atoms with E-state index in [2.05, 4.69) is 5.32 Å². The van der Waals surface area contributed by atoms with E-state index in [0.717, 1.165) is 11.8 Å². The lowest BCUT2D eigenvalue weighted by Crippen LogP contribution is -2.52. The number of carboxylic acids is 1. The van der Waals surface area contributed by atoms with Gasteiger partial charge in [0.25, 0.3) is 0 Å². The van der Waals surface area contributed by atoms with E-state index >= 15 is 0 Å². The van der Waals surface area contributed by atoms with Crippen LogP contribution in [0.1, 0.15) is 32.1 Å². The fourth-order valence-electron chi connectivity index (χ4n) is 4.77. The Bertz CT molecular complexity index is 368. The molecule has 0 heterocycles. The second-order valence-corrected chi connectivity index (χ2v) is 6.65. The van der Waals surface area contributed by atoms with E-state index in [9.17, 15) is 9.59 Å². The molecule has 4 aliphatic carbocycles. The van der Waals surface area contributed by atoms with Gasteiger partial charge in [0.15, 0.2) is 0 Å². The first kappa shape index (κ1) is 12.9. The molecule has 4 saturated carbocycles. The molecule has 4 bridgehead atoms. The topological polar surface area (TPSA) is 92.4 Å². The van der Waals surface area contributed by atoms with Crippen molar-refractivity contribution in [2.24, 2.45) is 35.3 Å². The van der Waals surface area contributed by atoms with E-state index in [4.69, 9.17) is 10.8 Å². The highest BCUT2D eigenvalue weighted by Gasteiger charge is 2.50. The second kappa shape index (κ2) is 4.78. The van der Waals surface area contributed by atoms with E-state index in [1.807, 2.05) is 0 Å². The molecule has 0 aromatic heterocycles. The lowest BCUT2D eigenvalue weighted by Gasteiger charge is -2.53. The molecule has 5 heteroatoms. The van der Waals surface area contributed by atoms with Crippen molar-refractivity contribution < 1.29 is 14.7 Å². The first-order valence-electron chi connectivity index (χ1n) is 7.30. The Kier molecular flexibility index (Phi) is 3.25. The zero-order chi connectivity index (χ0) is 13.6. The van der Waals surface area contributed by atoms with Crippen LogP contribution in [0.4, 0.5) is 0 Å². The van der Waals surface area contributed by atoms with Gasteiger partial charge in [-0.25, -0.2) is 0 Å². The number of hydrogen-bond donors (Lipinski definition) is 3. The Hall–Kier alpha value is -1.10. The minimum absolute atomic E-state index is 0.0329. The predicted molar refractivity (Wildman–Crippen MR) is 69.2 cm³/mol. The van der Waals surface area contributed by atoms with Crippen LogP contribution in [0, 0.1) is 29.6 Å². The number of carbonyl (C=O) groups excluding carboxylic acids is 1. The van der Waals surface area contributed by atoms with Gasteiger partial charge in [0.2, 0.25) is 5.91 Å². The largest absolute Gasteiger partial charge is 0.480 e. The highest BCUT2D eigenvalue weighted by molar-refractivity contribution is 5.81. The molecule has 0 radical (unpaired) electrons. The quantitative estimate of drug-likeness (QED) is 0.694. The van der Waals surface area contributed by atoms with Gasteiger partial charge in [-0.05, 0) is 55.8 Å². The van der Waals surface area contributed by atoms with E-state index < -0.39 is 12.0 Å². The Balaban J connectivity index is 1.60. The van der Waals surface area contributed by atoms with Crippen LogP contribution < -0.4 is 11.1 Å². The van der Waals surface area contributed by atoms with Crippen LogP contribution in [0.2, 0.25) is 0 Å². The Morgan fingerprint density at radius 1 is 1.11 bits per heavy atom. The fraction of sp³-hybridized carbons (Fsp3) is 0.857. The molecule has 1 amide bonds. The van der Waals surface area contributed by atoms with Crippen molar-refractivity contribution in [3.63, 3.8) is 0 Å². The van der Waals surface area contributed by atoms with Crippen molar-refractivity contribution in [2.75, 3.05) is 6.54 Å². The summed E-state index contributed by atoms with van der Waals surface area (Å²) in [6, 6.07) is -0.999. The van der Waals surface area contributed by atoms with Gasteiger partial charge in [0.05, 0.1) is 0 Å². The van der Waals surface area contributed by atoms with Gasteiger partial charge in [-0.3, -0.25) is 9.59 Å². The van der Waals surface area contributed by atoms with Crippen LogP contribution in [0.5, 0.6) is 0 Å². The Labute approximate surface area is 112 Å². The number of carbonyl (C=O) groups is 2. The summed E-state index contributed by atoms with van der Waals surface area (Å²) < 4.78 is 0. The lowest BCUT2D eigenvalue weighted by atomic mass is 9.51. The lowest BCUT2D eigenvalue weighted by molar-refractivity contribution is -0.140. The Morgan fingerprint density at radius 3 is 2.11 bits per heavy atom. The van der Waals surface area contributed by atoms with Gasteiger partial charge in [-0.1, -0.05) is 0 Å². The van der Waals surface area contributed by atoms with Gasteiger partial charge in [-0.2, -0.15) is 0 Å². The molecule has 0 aromatic rings. The molecule has 1 unspecified atom stereocenters. The molecular weight excluding hydrogens is 244 g/mol. The number of aliphatic carboxylic acids is 1. The average Bonchev–Trinajstić information content (AvgIpc) is 2.34. The zero-order valence-electron chi connectivity index (χ0n) is 11.0. The molecule has 0 spiro atoms. The molecular formula is C14H22N2O3. The second-order valence-electron chi connectivity index (χ2n) is 6.65. The van der Waals surface area contributed by atoms with Crippen molar-refractivity contribution in [3.05, 3.63) is 0 Å². The summed E-state index contributed by atoms with van der Waals surface area (Å²) in [7, 11) is 0. The van der Waals surface area contributed by atoms with Crippen molar-refractivity contribution in [1.82, 2.24) is 5.32 Å². The molecule has 1 atom stereocenters. The first-order chi connectivity index (χ1) is 9.04. The summed E-state index contributed by atoms with van der Waals surface area (Å²) >= 11 is 0. The average molecular weight is 266 g/mol. The predicted octanol–water partition coefficient (Wildman–Crippen LogP) is 0.587. The number of carboxylic acid groups (broad SMARTS) is 1. The molecule has 5 nitrogen and oxygen atoms in total. The summed E-state index contributed by atoms with van der Waals surface area (Å²) in [6.45, 7) is 0.0387. The van der Waals surface area contributed by atoms with Crippen molar-refractivity contribution >= 4 is 11.9 Å². The summed E-state index contributed by atoms with van der Waals surface area (Å²) in [5.74, 6) is 1.81. The van der Waals surface area contributed by atoms with Gasteiger partial charge in [-0.15, -0.1) is 0 Å². The van der Waals surface area contributed by atoms with Crippen molar-refractivity contribution in [2.45, 2.75) is 38.1 Å². The highest BCUT2D eigenvalue weighted by atomic mass is 16.4. The van der Waals surface area contributed by atoms with Crippen LogP contribution in [0.25, 0.3) is 0 Å². The van der Waals surface area contributed by atoms with Crippen LogP contribution in [0.15, 0.2) is 0 Å². The first-order valence-corrected chi connectivity index (χ1v) is 7.30. The summed E-state index contributed by atoms with van der Waals surface area (Å²) in [6.07, 6.45) is 6.13. The SMILES string of the molecule is NC(CNC(=O)C1C2CC3CC(C2)CC1C3)C(=O)O. The molecule has 4 rings (SSSR count). The molecule has 4 N–H and O–H groups in total. The van der Waals surface area contributed by atoms with Crippen molar-refractivity contribution in [3.8, 4) is 0 Å². The smallest absolute Gasteiger partial charge is 0.322 e. The van der Waals surface area contributed by atoms with E-state index in [-0.39, 0.29) is 18.4 Å². The molecule has 0 aromatic carbocycles. The number of nitrogens with two attached hydrogens (primary N) is 1. The summed E-state index contributed by atoms with van der Waals surface area (Å²) in [5.41, 5.74) is 5.42. The molecule has 0 saturated heterocycles. The summed E-state index contributed by atoms with van der Waals surface area (Å²) in [4.78, 5) is 23.0. The zero-order valence-corrected chi connectivity index (χ0v) is 11.0. The van der Waals surface area contributed by atoms with Crippen LogP contribution >= 0.6 is 0 Å². The van der Waals surface area contributed by atoms with Crippen LogP contribution in [-0.2, 0) is 9.59 Å². The summed E-state index contributed by atoms with van der Waals surface area (Å²) in [5, 5.41) is 11.5. The number of nitrogens with one attached hydrogen (secondary N) is 1.